The Balaban J connectivity index is 0.000000344. The Morgan fingerprint density at radius 3 is 1.64 bits per heavy atom. The lowest BCUT2D eigenvalue weighted by molar-refractivity contribution is 0.0592. The summed E-state index contributed by atoms with van der Waals surface area (Å²) in [6, 6.07) is 27.9. The molecular formula is C41H52N10O7. The van der Waals surface area contributed by atoms with Crippen molar-refractivity contribution in [1.82, 2.24) is 10.2 Å². The molecule has 0 aliphatic carbocycles. The number of hydrogen-bond acceptors (Lipinski definition) is 11. The first-order valence-electron chi connectivity index (χ1n) is 18.5. The van der Waals surface area contributed by atoms with Gasteiger partial charge in [0.15, 0.2) is 13.5 Å². The van der Waals surface area contributed by atoms with E-state index in [9.17, 15) is 14.4 Å². The molecule has 4 aromatic rings. The predicted octanol–water partition coefficient (Wildman–Crippen LogP) is 9.23. The van der Waals surface area contributed by atoms with Crippen molar-refractivity contribution >= 4 is 29.3 Å². The van der Waals surface area contributed by atoms with Gasteiger partial charge in [-0.25, -0.2) is 14.4 Å². The van der Waals surface area contributed by atoms with Gasteiger partial charge >= 0.3 is 18.0 Å². The van der Waals surface area contributed by atoms with Crippen molar-refractivity contribution in [1.29, 1.82) is 0 Å². The third-order valence-corrected chi connectivity index (χ3v) is 7.92. The van der Waals surface area contributed by atoms with Gasteiger partial charge in [-0.1, -0.05) is 61.2 Å². The molecule has 58 heavy (non-hydrogen) atoms. The van der Waals surface area contributed by atoms with Crippen molar-refractivity contribution in [3.63, 3.8) is 0 Å². The summed E-state index contributed by atoms with van der Waals surface area (Å²) >= 11 is 0. The number of esters is 2. The van der Waals surface area contributed by atoms with Crippen LogP contribution >= 0.6 is 0 Å². The normalized spacial score (nSPS) is 9.72. The maximum Gasteiger partial charge on any atom is 0.337 e. The third kappa shape index (κ3) is 19.1. The second kappa shape index (κ2) is 28.5. The highest BCUT2D eigenvalue weighted by molar-refractivity contribution is 5.90. The van der Waals surface area contributed by atoms with Gasteiger partial charge in [0.1, 0.15) is 11.5 Å². The van der Waals surface area contributed by atoms with Crippen molar-refractivity contribution in [2.24, 2.45) is 10.2 Å². The number of carbonyl (C=O) groups is 3. The Morgan fingerprint density at radius 1 is 0.690 bits per heavy atom. The van der Waals surface area contributed by atoms with Gasteiger partial charge in [-0.05, 0) is 114 Å². The largest absolute Gasteiger partial charge is 0.488 e. The third-order valence-electron chi connectivity index (χ3n) is 7.92. The average Bonchev–Trinajstić information content (AvgIpc) is 3.25. The van der Waals surface area contributed by atoms with Crippen molar-refractivity contribution in [3.8, 4) is 11.5 Å². The van der Waals surface area contributed by atoms with Gasteiger partial charge in [0, 0.05) is 40.8 Å². The Kier molecular flexibility index (Phi) is 23.2. The Morgan fingerprint density at radius 2 is 1.17 bits per heavy atom. The highest BCUT2D eigenvalue weighted by Gasteiger charge is 2.15. The molecule has 2 amide bonds. The molecule has 0 aliphatic rings. The van der Waals surface area contributed by atoms with E-state index in [0.29, 0.717) is 47.1 Å². The van der Waals surface area contributed by atoms with Crippen LogP contribution in [0.25, 0.3) is 20.9 Å². The minimum absolute atomic E-state index is 0.000415. The molecule has 17 nitrogen and oxygen atoms in total. The minimum Gasteiger partial charge on any atom is -0.488 e. The monoisotopic (exact) mass is 796 g/mol. The van der Waals surface area contributed by atoms with E-state index in [1.807, 2.05) is 24.3 Å². The molecule has 0 aromatic heterocycles. The summed E-state index contributed by atoms with van der Waals surface area (Å²) in [5.41, 5.74) is 26.1. The number of benzene rings is 4. The molecule has 4 N–H and O–H groups in total. The summed E-state index contributed by atoms with van der Waals surface area (Å²) in [5.74, 6) is 0.491. The van der Waals surface area contributed by atoms with Crippen molar-refractivity contribution in [3.05, 3.63) is 140 Å². The standard InChI is InChI=1S/C21H25N5O4.C13H19NO2.C7H8N4O/c1-3-4-13-26(14-16-5-7-17(8-6-16)20(27)29-2)21(28)24-18-9-11-19(12-10-18)30-15-23-25-22;1-3-4-9-14-10-11-5-7-12(8-6-11)13(15)16-2;8-6-1-3-7(4-2-6)12-5-10-11-9/h5-12H,3-4,13-15H2,1-2H3,(H,24,28);5-8,14H,3-4,9-10H2,1-2H3;1-4H,5,8H2. The fourth-order valence-electron chi connectivity index (χ4n) is 4.76. The van der Waals surface area contributed by atoms with E-state index in [2.05, 4.69) is 49.3 Å². The lowest BCUT2D eigenvalue weighted by Crippen LogP contribution is -2.35. The van der Waals surface area contributed by atoms with Crippen LogP contribution in [0.4, 0.5) is 16.2 Å². The molecule has 0 radical (unpaired) electrons. The molecule has 0 heterocycles. The number of nitrogens with two attached hydrogens (primary N) is 1. The zero-order valence-corrected chi connectivity index (χ0v) is 33.4. The van der Waals surface area contributed by atoms with Gasteiger partial charge in [0.2, 0.25) is 0 Å². The second-order valence-electron chi connectivity index (χ2n) is 12.2. The van der Waals surface area contributed by atoms with Gasteiger partial charge in [-0.2, -0.15) is 0 Å². The smallest absolute Gasteiger partial charge is 0.337 e. The molecule has 4 rings (SSSR count). The maximum absolute atomic E-state index is 12.8. The molecule has 0 atom stereocenters. The Hall–Kier alpha value is -6.93. The van der Waals surface area contributed by atoms with E-state index in [4.69, 9.17) is 31.0 Å². The first-order valence-corrected chi connectivity index (χ1v) is 18.5. The molecule has 0 saturated heterocycles. The number of carbonyl (C=O) groups excluding carboxylic acids is 3. The average molecular weight is 797 g/mol. The molecule has 0 fully saturated rings. The highest BCUT2D eigenvalue weighted by Crippen LogP contribution is 2.18. The topological polar surface area (TPSA) is 239 Å². The zero-order valence-electron chi connectivity index (χ0n) is 33.4. The van der Waals surface area contributed by atoms with Crippen LogP contribution in [0.3, 0.4) is 0 Å². The number of methoxy groups -OCH3 is 2. The number of hydrogen-bond donors (Lipinski definition) is 3. The van der Waals surface area contributed by atoms with Gasteiger partial charge in [0.05, 0.1) is 25.3 Å². The zero-order chi connectivity index (χ0) is 42.4. The molecule has 0 bridgehead atoms. The van der Waals surface area contributed by atoms with Crippen LogP contribution in [0.5, 0.6) is 11.5 Å². The lowest BCUT2D eigenvalue weighted by Gasteiger charge is -2.23. The molecule has 0 aliphatic heterocycles. The van der Waals surface area contributed by atoms with E-state index in [1.165, 1.54) is 32.6 Å². The number of amides is 2. The quantitative estimate of drug-likeness (QED) is 0.0204. The predicted molar refractivity (Wildman–Crippen MR) is 223 cm³/mol. The molecule has 0 saturated carbocycles. The minimum atomic E-state index is -0.394. The van der Waals surface area contributed by atoms with Crippen LogP contribution in [0.2, 0.25) is 0 Å². The van der Waals surface area contributed by atoms with Gasteiger partial charge in [-0.3, -0.25) is 0 Å². The van der Waals surface area contributed by atoms with Crippen LogP contribution in [-0.4, -0.2) is 63.6 Å². The van der Waals surface area contributed by atoms with E-state index >= 15 is 0 Å². The maximum atomic E-state index is 12.8. The number of ether oxygens (including phenoxy) is 4. The van der Waals surface area contributed by atoms with Gasteiger partial charge in [0.25, 0.3) is 0 Å². The van der Waals surface area contributed by atoms with Gasteiger partial charge in [-0.15, -0.1) is 0 Å². The van der Waals surface area contributed by atoms with Gasteiger partial charge < -0.3 is 40.2 Å². The van der Waals surface area contributed by atoms with Crippen LogP contribution in [-0.2, 0) is 22.6 Å². The van der Waals surface area contributed by atoms with E-state index in [0.717, 1.165) is 31.5 Å². The summed E-state index contributed by atoms with van der Waals surface area (Å²) < 4.78 is 19.6. The fraction of sp³-hybridized carbons (Fsp3) is 0.341. The summed E-state index contributed by atoms with van der Waals surface area (Å²) in [4.78, 5) is 42.4. The van der Waals surface area contributed by atoms with E-state index < -0.39 is 5.97 Å². The SMILES string of the molecule is CCCCN(Cc1ccc(C(=O)OC)cc1)C(=O)Nc1ccc(OCN=[N+]=[N-])cc1.CCCCNCc1ccc(C(=O)OC)cc1.[N-]=[N+]=NCOc1ccc(N)cc1. The summed E-state index contributed by atoms with van der Waals surface area (Å²) in [6.45, 7) is 7.05. The molecule has 4 aromatic carbocycles. The van der Waals surface area contributed by atoms with Crippen molar-refractivity contribution in [2.75, 3.05) is 51.8 Å². The Labute approximate surface area is 338 Å². The number of unbranched alkanes of at least 4 members (excludes halogenated alkanes) is 2. The van der Waals surface area contributed by atoms with E-state index in [1.54, 1.807) is 77.7 Å². The molecule has 17 heteroatoms. The van der Waals surface area contributed by atoms with Crippen LogP contribution in [0, 0.1) is 0 Å². The fourth-order valence-corrected chi connectivity index (χ4v) is 4.76. The summed E-state index contributed by atoms with van der Waals surface area (Å²) in [6.07, 6.45) is 4.23. The summed E-state index contributed by atoms with van der Waals surface area (Å²) in [7, 11) is 2.73. The number of anilines is 2. The molecule has 0 spiro atoms. The number of nitrogen functional groups attached to an aromatic ring is 1. The van der Waals surface area contributed by atoms with Crippen molar-refractivity contribution in [2.45, 2.75) is 52.6 Å². The first kappa shape index (κ1) is 47.2. The molecule has 0 unspecified atom stereocenters. The highest BCUT2D eigenvalue weighted by atomic mass is 16.5. The van der Waals surface area contributed by atoms with E-state index in [-0.39, 0.29) is 25.5 Å². The number of nitrogens with one attached hydrogen (secondary N) is 2. The number of azide groups is 2. The second-order valence-corrected chi connectivity index (χ2v) is 12.2. The number of rotatable bonds is 19. The van der Waals surface area contributed by atoms with Crippen LogP contribution in [0.1, 0.15) is 71.4 Å². The number of urea groups is 1. The Bertz CT molecular complexity index is 1900. The summed E-state index contributed by atoms with van der Waals surface area (Å²) in [5, 5.41) is 12.8. The van der Waals surface area contributed by atoms with Crippen LogP contribution < -0.4 is 25.8 Å². The van der Waals surface area contributed by atoms with Crippen molar-refractivity contribution < 1.29 is 33.3 Å². The van der Waals surface area contributed by atoms with Crippen LogP contribution in [0.15, 0.2) is 107 Å². The molecular weight excluding hydrogens is 745 g/mol. The molecule has 308 valence electrons. The lowest BCUT2D eigenvalue weighted by atomic mass is 10.1. The number of nitrogens with zero attached hydrogens (tertiary/aromatic N) is 7. The first-order chi connectivity index (χ1) is 28.2.